The van der Waals surface area contributed by atoms with E-state index in [1.54, 1.807) is 0 Å². The summed E-state index contributed by atoms with van der Waals surface area (Å²) in [5.41, 5.74) is -3.00. The predicted octanol–water partition coefficient (Wildman–Crippen LogP) is 1.11. The fraction of sp³-hybridized carbons (Fsp3) is 0. The van der Waals surface area contributed by atoms with Crippen molar-refractivity contribution in [2.45, 2.75) is 0 Å². The molecule has 0 fully saturated rings. The smallest absolute Gasteiger partial charge is 0.324 e. The largest absolute Gasteiger partial charge is 0.497 e. The summed E-state index contributed by atoms with van der Waals surface area (Å²) in [5, 5.41) is 40.2. The van der Waals surface area contributed by atoms with E-state index in [-0.39, 0.29) is 16.8 Å². The first-order valence-corrected chi connectivity index (χ1v) is 3.64. The number of nitro benzene ring substituents is 3. The van der Waals surface area contributed by atoms with Crippen molar-refractivity contribution in [2.24, 2.45) is 0 Å². The number of phenolic OH excluding ortho intramolecular Hbond substituents is 1. The molecular formula is C6H3CoN3O7. The molecule has 0 bridgehead atoms. The molecule has 17 heavy (non-hydrogen) atoms. The molecule has 1 radical (unpaired) electrons. The molecule has 1 aromatic carbocycles. The van der Waals surface area contributed by atoms with Crippen LogP contribution in [0, 0.1) is 30.3 Å². The van der Waals surface area contributed by atoms with E-state index >= 15 is 0 Å². The molecule has 0 aromatic heterocycles. The molecule has 0 aliphatic rings. The van der Waals surface area contributed by atoms with Crippen molar-refractivity contribution in [3.8, 4) is 5.75 Å². The Bertz CT molecular complexity index is 467. The van der Waals surface area contributed by atoms with Gasteiger partial charge in [-0.15, -0.1) is 0 Å². The molecule has 0 saturated carbocycles. The van der Waals surface area contributed by atoms with Gasteiger partial charge >= 0.3 is 11.4 Å². The Morgan fingerprint density at radius 1 is 0.882 bits per heavy atom. The summed E-state index contributed by atoms with van der Waals surface area (Å²) >= 11 is 0. The molecule has 0 unspecified atom stereocenters. The van der Waals surface area contributed by atoms with Crippen LogP contribution >= 0.6 is 0 Å². The Labute approximate surface area is 103 Å². The number of hydrogen-bond acceptors (Lipinski definition) is 7. The van der Waals surface area contributed by atoms with Gasteiger partial charge in [-0.3, -0.25) is 30.3 Å². The van der Waals surface area contributed by atoms with Crippen molar-refractivity contribution in [3.63, 3.8) is 0 Å². The van der Waals surface area contributed by atoms with Gasteiger partial charge in [0, 0.05) is 16.8 Å². The van der Waals surface area contributed by atoms with Crippen LogP contribution in [-0.4, -0.2) is 19.9 Å². The number of phenols is 1. The number of nitro groups is 3. The minimum atomic E-state index is -1.21. The van der Waals surface area contributed by atoms with Crippen LogP contribution in [0.15, 0.2) is 12.1 Å². The zero-order valence-corrected chi connectivity index (χ0v) is 8.77. The molecule has 0 amide bonds. The second kappa shape index (κ2) is 5.18. The molecule has 0 atom stereocenters. The first-order valence-electron chi connectivity index (χ1n) is 3.64. The number of non-ortho nitro benzene ring substituents is 1. The van der Waals surface area contributed by atoms with E-state index in [0.717, 1.165) is 0 Å². The third kappa shape index (κ3) is 2.85. The van der Waals surface area contributed by atoms with Gasteiger partial charge in [0.15, 0.2) is 0 Å². The summed E-state index contributed by atoms with van der Waals surface area (Å²) in [6.07, 6.45) is 0. The minimum Gasteiger partial charge on any atom is -0.497 e. The molecule has 10 nitrogen and oxygen atoms in total. The third-order valence-electron chi connectivity index (χ3n) is 1.66. The van der Waals surface area contributed by atoms with E-state index < -0.39 is 37.6 Å². The maximum atomic E-state index is 10.4. The summed E-state index contributed by atoms with van der Waals surface area (Å²) in [6.45, 7) is 0. The second-order valence-corrected chi connectivity index (χ2v) is 2.60. The average molecular weight is 288 g/mol. The van der Waals surface area contributed by atoms with Gasteiger partial charge in [0.25, 0.3) is 11.4 Å². The van der Waals surface area contributed by atoms with E-state index in [9.17, 15) is 30.3 Å². The van der Waals surface area contributed by atoms with E-state index in [4.69, 9.17) is 5.11 Å². The Morgan fingerprint density at radius 3 is 1.47 bits per heavy atom. The molecule has 0 spiro atoms. The van der Waals surface area contributed by atoms with Crippen LogP contribution in [0.5, 0.6) is 5.75 Å². The summed E-state index contributed by atoms with van der Waals surface area (Å²) in [6, 6.07) is 0.894. The SMILES string of the molecule is O=[N+]([O-])c1cc([N+](=O)[O-])c(O)c([N+](=O)[O-])c1.[Co]. The second-order valence-electron chi connectivity index (χ2n) is 2.60. The molecule has 0 aliphatic heterocycles. The maximum absolute atomic E-state index is 10.4. The number of rotatable bonds is 3. The quantitative estimate of drug-likeness (QED) is 0.646. The van der Waals surface area contributed by atoms with Gasteiger partial charge in [-0.25, -0.2) is 0 Å². The Hall–Kier alpha value is -2.27. The standard InChI is InChI=1S/C6H3N3O7.Co/c10-6-4(8(13)14)1-3(7(11)12)2-5(6)9(15)16;/h1-2,10H;. The average Bonchev–Trinajstić information content (AvgIpc) is 2.16. The minimum absolute atomic E-state index is 0. The number of nitrogens with zero attached hydrogens (tertiary/aromatic N) is 3. The fourth-order valence-corrected chi connectivity index (χ4v) is 0.974. The Kier molecular flexibility index (Phi) is 4.48. The summed E-state index contributed by atoms with van der Waals surface area (Å²) in [5.74, 6) is -1.21. The molecule has 1 aromatic rings. The molecule has 93 valence electrons. The monoisotopic (exact) mass is 288 g/mol. The van der Waals surface area contributed by atoms with Crippen LogP contribution < -0.4 is 0 Å². The molecule has 0 saturated heterocycles. The first kappa shape index (κ1) is 14.7. The van der Waals surface area contributed by atoms with Crippen molar-refractivity contribution >= 4 is 17.1 Å². The van der Waals surface area contributed by atoms with Crippen molar-refractivity contribution < 1.29 is 36.7 Å². The molecular weight excluding hydrogens is 285 g/mol. The van der Waals surface area contributed by atoms with Gasteiger partial charge in [0.2, 0.25) is 0 Å². The van der Waals surface area contributed by atoms with Gasteiger partial charge in [-0.1, -0.05) is 0 Å². The Morgan fingerprint density at radius 2 is 1.24 bits per heavy atom. The molecule has 0 heterocycles. The van der Waals surface area contributed by atoms with E-state index in [1.165, 1.54) is 0 Å². The normalized spacial score (nSPS) is 9.18. The Balaban J connectivity index is 0.00000256. The van der Waals surface area contributed by atoms with Crippen LogP contribution in [0.3, 0.4) is 0 Å². The van der Waals surface area contributed by atoms with E-state index in [1.807, 2.05) is 0 Å². The van der Waals surface area contributed by atoms with Gasteiger partial charge in [-0.05, 0) is 0 Å². The van der Waals surface area contributed by atoms with Crippen LogP contribution in [0.4, 0.5) is 17.1 Å². The van der Waals surface area contributed by atoms with Crippen LogP contribution in [-0.2, 0) is 16.8 Å². The fourth-order valence-electron chi connectivity index (χ4n) is 0.974. The van der Waals surface area contributed by atoms with Crippen molar-refractivity contribution in [3.05, 3.63) is 42.5 Å². The van der Waals surface area contributed by atoms with E-state index in [0.29, 0.717) is 12.1 Å². The summed E-state index contributed by atoms with van der Waals surface area (Å²) in [7, 11) is 0. The van der Waals surface area contributed by atoms with Crippen LogP contribution in [0.25, 0.3) is 0 Å². The molecule has 11 heteroatoms. The zero-order chi connectivity index (χ0) is 12.5. The van der Waals surface area contributed by atoms with Crippen molar-refractivity contribution in [1.82, 2.24) is 0 Å². The molecule has 1 rings (SSSR count). The summed E-state index contributed by atoms with van der Waals surface area (Å²) in [4.78, 5) is 27.8. The number of hydrogen-bond donors (Lipinski definition) is 1. The number of aromatic hydroxyl groups is 1. The van der Waals surface area contributed by atoms with E-state index in [2.05, 4.69) is 0 Å². The predicted molar refractivity (Wildman–Crippen MR) is 48.1 cm³/mol. The van der Waals surface area contributed by atoms with Gasteiger partial charge < -0.3 is 5.11 Å². The molecule has 1 N–H and O–H groups in total. The van der Waals surface area contributed by atoms with Crippen molar-refractivity contribution in [2.75, 3.05) is 0 Å². The summed E-state index contributed by atoms with van der Waals surface area (Å²) < 4.78 is 0. The number of benzene rings is 1. The van der Waals surface area contributed by atoms with Gasteiger partial charge in [-0.2, -0.15) is 0 Å². The maximum Gasteiger partial charge on any atom is 0.324 e. The topological polar surface area (TPSA) is 150 Å². The third-order valence-corrected chi connectivity index (χ3v) is 1.66. The zero-order valence-electron chi connectivity index (χ0n) is 7.73. The first-order chi connectivity index (χ1) is 7.34. The molecule has 0 aliphatic carbocycles. The van der Waals surface area contributed by atoms with Crippen molar-refractivity contribution in [1.29, 1.82) is 0 Å². The van der Waals surface area contributed by atoms with Gasteiger partial charge in [0.05, 0.1) is 26.9 Å². The van der Waals surface area contributed by atoms with Gasteiger partial charge in [0.1, 0.15) is 0 Å². The van der Waals surface area contributed by atoms with Crippen LogP contribution in [0.1, 0.15) is 0 Å². The van der Waals surface area contributed by atoms with Crippen LogP contribution in [0.2, 0.25) is 0 Å².